The van der Waals surface area contributed by atoms with Gasteiger partial charge in [-0.1, -0.05) is 25.1 Å². The summed E-state index contributed by atoms with van der Waals surface area (Å²) in [6.45, 7) is 2.20. The molecule has 1 saturated carbocycles. The fraction of sp³-hybridized carbons (Fsp3) is 0.444. The normalized spacial score (nSPS) is 15.4. The Morgan fingerprint density at radius 3 is 2.87 bits per heavy atom. The van der Waals surface area contributed by atoms with Crippen molar-refractivity contribution in [3.8, 4) is 0 Å². The molecule has 1 aromatic heterocycles. The molecular weight excluding hydrogens is 290 g/mol. The highest BCUT2D eigenvalue weighted by molar-refractivity contribution is 6.07. The zero-order chi connectivity index (χ0) is 16.2. The number of hydrogen-bond donors (Lipinski definition) is 3. The molecule has 2 aromatic rings. The van der Waals surface area contributed by atoms with Crippen LogP contribution in [0.1, 0.15) is 43.0 Å². The van der Waals surface area contributed by atoms with Gasteiger partial charge >= 0.3 is 0 Å². The van der Waals surface area contributed by atoms with Crippen molar-refractivity contribution in [1.29, 1.82) is 0 Å². The van der Waals surface area contributed by atoms with E-state index in [-0.39, 0.29) is 18.6 Å². The monoisotopic (exact) mass is 313 g/mol. The lowest BCUT2D eigenvalue weighted by molar-refractivity contribution is 0.0952. The summed E-state index contributed by atoms with van der Waals surface area (Å²) in [5.74, 6) is 0.648. The number of para-hydroxylation sites is 1. The number of aliphatic hydroxyl groups is 1. The minimum absolute atomic E-state index is 0.0376. The number of hydrogen-bond acceptors (Lipinski definition) is 4. The van der Waals surface area contributed by atoms with E-state index in [2.05, 4.69) is 22.5 Å². The molecule has 122 valence electrons. The molecule has 5 heteroatoms. The van der Waals surface area contributed by atoms with Gasteiger partial charge in [0.1, 0.15) is 5.82 Å². The van der Waals surface area contributed by atoms with Gasteiger partial charge in [0, 0.05) is 24.1 Å². The van der Waals surface area contributed by atoms with Crippen LogP contribution < -0.4 is 10.6 Å². The van der Waals surface area contributed by atoms with Crippen LogP contribution in [-0.4, -0.2) is 34.7 Å². The summed E-state index contributed by atoms with van der Waals surface area (Å²) in [4.78, 5) is 17.1. The molecule has 5 nitrogen and oxygen atoms in total. The summed E-state index contributed by atoms with van der Waals surface area (Å²) >= 11 is 0. The fourth-order valence-electron chi connectivity index (χ4n) is 2.67. The highest BCUT2D eigenvalue weighted by atomic mass is 16.3. The van der Waals surface area contributed by atoms with Crippen LogP contribution in [0.25, 0.3) is 10.9 Å². The van der Waals surface area contributed by atoms with E-state index < -0.39 is 0 Å². The Hall–Kier alpha value is -2.14. The Labute approximate surface area is 136 Å². The van der Waals surface area contributed by atoms with Gasteiger partial charge in [-0.05, 0) is 37.8 Å². The lowest BCUT2D eigenvalue weighted by atomic mass is 10.1. The highest BCUT2D eigenvalue weighted by Gasteiger charge is 2.25. The van der Waals surface area contributed by atoms with Crippen LogP contribution in [0.2, 0.25) is 0 Å². The minimum atomic E-state index is -0.0376. The zero-order valence-corrected chi connectivity index (χ0v) is 13.4. The second-order valence-corrected chi connectivity index (χ2v) is 6.08. The van der Waals surface area contributed by atoms with Crippen LogP contribution in [0, 0.1) is 0 Å². The largest absolute Gasteiger partial charge is 0.396 e. The van der Waals surface area contributed by atoms with Crippen LogP contribution in [0.5, 0.6) is 0 Å². The molecule has 0 spiro atoms. The summed E-state index contributed by atoms with van der Waals surface area (Å²) in [5, 5.41) is 16.4. The molecule has 3 N–H and O–H groups in total. The molecule has 1 aliphatic carbocycles. The molecule has 1 amide bonds. The van der Waals surface area contributed by atoms with Crippen molar-refractivity contribution in [2.45, 2.75) is 44.7 Å². The van der Waals surface area contributed by atoms with Crippen LogP contribution >= 0.6 is 0 Å². The maximum absolute atomic E-state index is 12.5. The van der Waals surface area contributed by atoms with E-state index in [0.29, 0.717) is 23.8 Å². The second kappa shape index (κ2) is 6.96. The summed E-state index contributed by atoms with van der Waals surface area (Å²) in [5.41, 5.74) is 1.46. The topological polar surface area (TPSA) is 74.2 Å². The van der Waals surface area contributed by atoms with E-state index in [1.165, 1.54) is 0 Å². The van der Waals surface area contributed by atoms with Gasteiger partial charge in [-0.3, -0.25) is 4.79 Å². The van der Waals surface area contributed by atoms with E-state index in [1.54, 1.807) is 0 Å². The maximum atomic E-state index is 12.5. The summed E-state index contributed by atoms with van der Waals surface area (Å²) in [7, 11) is 0. The van der Waals surface area contributed by atoms with Gasteiger partial charge in [0.05, 0.1) is 11.1 Å². The van der Waals surface area contributed by atoms with Crippen molar-refractivity contribution in [1.82, 2.24) is 10.3 Å². The predicted molar refractivity (Wildman–Crippen MR) is 91.6 cm³/mol. The van der Waals surface area contributed by atoms with Crippen LogP contribution in [0.15, 0.2) is 30.3 Å². The third-order valence-electron chi connectivity index (χ3n) is 4.20. The van der Waals surface area contributed by atoms with Gasteiger partial charge in [0.2, 0.25) is 0 Å². The molecule has 0 saturated heterocycles. The number of aliphatic hydroxyl groups excluding tert-OH is 1. The number of nitrogens with one attached hydrogen (secondary N) is 2. The molecule has 1 unspecified atom stereocenters. The van der Waals surface area contributed by atoms with Crippen molar-refractivity contribution in [2.75, 3.05) is 11.9 Å². The average molecular weight is 313 g/mol. The van der Waals surface area contributed by atoms with E-state index in [9.17, 15) is 4.79 Å². The molecule has 1 aromatic carbocycles. The number of pyridine rings is 1. The first-order valence-electron chi connectivity index (χ1n) is 8.29. The molecule has 1 heterocycles. The van der Waals surface area contributed by atoms with Gasteiger partial charge < -0.3 is 15.7 Å². The number of amides is 1. The minimum Gasteiger partial charge on any atom is -0.396 e. The van der Waals surface area contributed by atoms with Crippen molar-refractivity contribution in [3.05, 3.63) is 35.9 Å². The van der Waals surface area contributed by atoms with E-state index >= 15 is 0 Å². The Balaban J connectivity index is 1.93. The van der Waals surface area contributed by atoms with Crippen LogP contribution in [0.4, 0.5) is 5.82 Å². The van der Waals surface area contributed by atoms with Crippen molar-refractivity contribution in [3.63, 3.8) is 0 Å². The van der Waals surface area contributed by atoms with Gasteiger partial charge in [-0.15, -0.1) is 0 Å². The number of rotatable bonds is 7. The highest BCUT2D eigenvalue weighted by Crippen LogP contribution is 2.24. The van der Waals surface area contributed by atoms with Gasteiger partial charge in [-0.2, -0.15) is 0 Å². The van der Waals surface area contributed by atoms with Crippen LogP contribution in [-0.2, 0) is 0 Å². The number of fused-ring (bicyclic) bond motifs is 1. The molecule has 1 fully saturated rings. The standard InChI is InChI=1S/C18H23N3O2/c1-2-12(9-10-22)19-17-11-15(18(23)20-13-7-8-13)14-5-3-4-6-16(14)21-17/h3-6,11-13,22H,2,7-10H2,1H3,(H,19,21)(H,20,23). The number of nitrogens with zero attached hydrogens (tertiary/aromatic N) is 1. The SMILES string of the molecule is CCC(CCO)Nc1cc(C(=O)NC2CC2)c2ccccc2n1. The number of anilines is 1. The van der Waals surface area contributed by atoms with Gasteiger partial charge in [-0.25, -0.2) is 4.98 Å². The molecule has 1 aliphatic rings. The first-order chi connectivity index (χ1) is 11.2. The summed E-state index contributed by atoms with van der Waals surface area (Å²) < 4.78 is 0. The Kier molecular flexibility index (Phi) is 4.76. The van der Waals surface area contributed by atoms with E-state index in [4.69, 9.17) is 5.11 Å². The molecular formula is C18H23N3O2. The summed E-state index contributed by atoms with van der Waals surface area (Å²) in [6, 6.07) is 9.98. The van der Waals surface area contributed by atoms with E-state index in [1.807, 2.05) is 30.3 Å². The lowest BCUT2D eigenvalue weighted by Crippen LogP contribution is -2.26. The summed E-state index contributed by atoms with van der Waals surface area (Å²) in [6.07, 6.45) is 3.68. The fourth-order valence-corrected chi connectivity index (χ4v) is 2.67. The Morgan fingerprint density at radius 2 is 2.17 bits per heavy atom. The van der Waals surface area contributed by atoms with Crippen molar-refractivity contribution < 1.29 is 9.90 Å². The second-order valence-electron chi connectivity index (χ2n) is 6.08. The Morgan fingerprint density at radius 1 is 1.39 bits per heavy atom. The number of carbonyl (C=O) groups is 1. The Bertz CT molecular complexity index is 698. The number of aromatic nitrogens is 1. The number of benzene rings is 1. The predicted octanol–water partition coefficient (Wildman–Crippen LogP) is 2.70. The number of carbonyl (C=O) groups excluding carboxylic acids is 1. The van der Waals surface area contributed by atoms with E-state index in [0.717, 1.165) is 30.2 Å². The first-order valence-corrected chi connectivity index (χ1v) is 8.29. The lowest BCUT2D eigenvalue weighted by Gasteiger charge is -2.18. The van der Waals surface area contributed by atoms with Crippen molar-refractivity contribution in [2.24, 2.45) is 0 Å². The maximum Gasteiger partial charge on any atom is 0.252 e. The zero-order valence-electron chi connectivity index (χ0n) is 13.4. The van der Waals surface area contributed by atoms with Gasteiger partial charge in [0.15, 0.2) is 0 Å². The molecule has 0 radical (unpaired) electrons. The smallest absolute Gasteiger partial charge is 0.252 e. The van der Waals surface area contributed by atoms with Crippen LogP contribution in [0.3, 0.4) is 0 Å². The first kappa shape index (κ1) is 15.7. The van der Waals surface area contributed by atoms with Gasteiger partial charge in [0.25, 0.3) is 5.91 Å². The molecule has 1 atom stereocenters. The average Bonchev–Trinajstić information content (AvgIpc) is 3.37. The third kappa shape index (κ3) is 3.79. The molecule has 0 bridgehead atoms. The quantitative estimate of drug-likeness (QED) is 0.735. The van der Waals surface area contributed by atoms with Crippen molar-refractivity contribution >= 4 is 22.6 Å². The molecule has 23 heavy (non-hydrogen) atoms. The molecule has 3 rings (SSSR count). The molecule has 0 aliphatic heterocycles. The third-order valence-corrected chi connectivity index (χ3v) is 4.20.